The molecule has 164 valence electrons. The molecule has 0 aromatic heterocycles. The largest absolute Gasteiger partial charge is 0.491 e. The van der Waals surface area contributed by atoms with Crippen molar-refractivity contribution in [3.63, 3.8) is 0 Å². The van der Waals surface area contributed by atoms with Crippen LogP contribution in [0.2, 0.25) is 0 Å². The van der Waals surface area contributed by atoms with Crippen LogP contribution in [0.15, 0.2) is 42.5 Å². The minimum absolute atomic E-state index is 0.198. The number of carbonyl (C=O) groups is 1. The first-order chi connectivity index (χ1) is 14.0. The first-order valence-electron chi connectivity index (χ1n) is 9.68. The van der Waals surface area contributed by atoms with Gasteiger partial charge < -0.3 is 14.8 Å². The number of hydrogen-bond acceptors (Lipinski definition) is 5. The molecule has 0 fully saturated rings. The van der Waals surface area contributed by atoms with Gasteiger partial charge in [-0.15, -0.1) is 0 Å². The SMILES string of the molecule is Cc1ccc(OCC(C)NC(=O)C(C)Oc2ccc(N(C)S(C)(=O)=O)cc2)cc1C. The first kappa shape index (κ1) is 23.5. The fourth-order valence-electron chi connectivity index (χ4n) is 2.61. The highest BCUT2D eigenvalue weighted by atomic mass is 32.2. The van der Waals surface area contributed by atoms with E-state index in [9.17, 15) is 13.2 Å². The van der Waals surface area contributed by atoms with Gasteiger partial charge in [-0.3, -0.25) is 9.10 Å². The lowest BCUT2D eigenvalue weighted by Gasteiger charge is -2.20. The van der Waals surface area contributed by atoms with E-state index in [1.54, 1.807) is 31.2 Å². The van der Waals surface area contributed by atoms with E-state index >= 15 is 0 Å². The number of anilines is 1. The summed E-state index contributed by atoms with van der Waals surface area (Å²) in [6, 6.07) is 12.2. The summed E-state index contributed by atoms with van der Waals surface area (Å²) in [6.07, 6.45) is 0.418. The van der Waals surface area contributed by atoms with Crippen LogP contribution in [0.25, 0.3) is 0 Å². The van der Waals surface area contributed by atoms with E-state index in [2.05, 4.69) is 5.32 Å². The number of sulfonamides is 1. The molecule has 2 rings (SSSR count). The summed E-state index contributed by atoms with van der Waals surface area (Å²) in [4.78, 5) is 12.4. The Morgan fingerprint density at radius 1 is 1.03 bits per heavy atom. The maximum atomic E-state index is 12.4. The van der Waals surface area contributed by atoms with Gasteiger partial charge in [-0.05, 0) is 75.2 Å². The van der Waals surface area contributed by atoms with Crippen LogP contribution in [0.3, 0.4) is 0 Å². The number of carbonyl (C=O) groups excluding carboxylic acids is 1. The number of nitrogens with one attached hydrogen (secondary N) is 1. The smallest absolute Gasteiger partial charge is 0.261 e. The highest BCUT2D eigenvalue weighted by molar-refractivity contribution is 7.92. The Morgan fingerprint density at radius 3 is 2.20 bits per heavy atom. The van der Waals surface area contributed by atoms with Crippen molar-refractivity contribution in [3.05, 3.63) is 53.6 Å². The summed E-state index contributed by atoms with van der Waals surface area (Å²) in [6.45, 7) is 7.93. The first-order valence-corrected chi connectivity index (χ1v) is 11.5. The Morgan fingerprint density at radius 2 is 1.63 bits per heavy atom. The van der Waals surface area contributed by atoms with Gasteiger partial charge in [0.15, 0.2) is 6.10 Å². The van der Waals surface area contributed by atoms with E-state index < -0.39 is 16.1 Å². The molecule has 30 heavy (non-hydrogen) atoms. The molecule has 1 amide bonds. The summed E-state index contributed by atoms with van der Waals surface area (Å²) < 4.78 is 35.8. The van der Waals surface area contributed by atoms with Crippen molar-refractivity contribution in [3.8, 4) is 11.5 Å². The van der Waals surface area contributed by atoms with Crippen molar-refractivity contribution in [1.82, 2.24) is 5.32 Å². The van der Waals surface area contributed by atoms with Gasteiger partial charge in [-0.2, -0.15) is 0 Å². The monoisotopic (exact) mass is 434 g/mol. The molecular formula is C22H30N2O5S. The number of nitrogens with zero attached hydrogens (tertiary/aromatic N) is 1. The third-order valence-corrected chi connectivity index (χ3v) is 5.95. The Labute approximate surface area is 179 Å². The van der Waals surface area contributed by atoms with Gasteiger partial charge in [0.1, 0.15) is 18.1 Å². The predicted molar refractivity (Wildman–Crippen MR) is 119 cm³/mol. The number of ether oxygens (including phenoxy) is 2. The van der Waals surface area contributed by atoms with Crippen molar-refractivity contribution >= 4 is 21.6 Å². The molecule has 0 radical (unpaired) electrons. The van der Waals surface area contributed by atoms with E-state index in [4.69, 9.17) is 9.47 Å². The molecule has 0 heterocycles. The third kappa shape index (κ3) is 6.66. The van der Waals surface area contributed by atoms with Crippen LogP contribution in [-0.2, 0) is 14.8 Å². The van der Waals surface area contributed by atoms with Crippen molar-refractivity contribution in [2.24, 2.45) is 0 Å². The molecule has 0 spiro atoms. The second-order valence-electron chi connectivity index (χ2n) is 7.45. The minimum Gasteiger partial charge on any atom is -0.491 e. The number of rotatable bonds is 9. The lowest BCUT2D eigenvalue weighted by molar-refractivity contribution is -0.128. The Balaban J connectivity index is 1.85. The quantitative estimate of drug-likeness (QED) is 0.656. The van der Waals surface area contributed by atoms with Crippen molar-refractivity contribution in [2.75, 3.05) is 24.2 Å². The maximum Gasteiger partial charge on any atom is 0.261 e. The van der Waals surface area contributed by atoms with Crippen LogP contribution in [0.1, 0.15) is 25.0 Å². The zero-order valence-electron chi connectivity index (χ0n) is 18.3. The zero-order chi connectivity index (χ0) is 22.5. The number of hydrogen-bond donors (Lipinski definition) is 1. The summed E-state index contributed by atoms with van der Waals surface area (Å²) in [7, 11) is -1.86. The van der Waals surface area contributed by atoms with Gasteiger partial charge in [0.2, 0.25) is 10.0 Å². The molecule has 0 saturated heterocycles. The van der Waals surface area contributed by atoms with Gasteiger partial charge in [0.05, 0.1) is 18.0 Å². The van der Waals surface area contributed by atoms with Crippen LogP contribution in [0.5, 0.6) is 11.5 Å². The molecule has 2 aromatic carbocycles. The number of benzene rings is 2. The van der Waals surface area contributed by atoms with Crippen LogP contribution < -0.4 is 19.1 Å². The lowest BCUT2D eigenvalue weighted by Crippen LogP contribution is -2.43. The van der Waals surface area contributed by atoms with E-state index in [1.807, 2.05) is 39.0 Å². The lowest BCUT2D eigenvalue weighted by atomic mass is 10.1. The molecule has 0 aliphatic carbocycles. The summed E-state index contributed by atoms with van der Waals surface area (Å²) in [5.41, 5.74) is 2.87. The normalized spacial score (nSPS) is 13.3. The van der Waals surface area contributed by atoms with E-state index in [0.29, 0.717) is 18.0 Å². The molecule has 2 aromatic rings. The Hall–Kier alpha value is -2.74. The molecular weight excluding hydrogens is 404 g/mol. The zero-order valence-corrected chi connectivity index (χ0v) is 19.1. The summed E-state index contributed by atoms with van der Waals surface area (Å²) in [5.74, 6) is 0.980. The van der Waals surface area contributed by atoms with Crippen LogP contribution in [-0.4, -0.2) is 46.4 Å². The predicted octanol–water partition coefficient (Wildman–Crippen LogP) is 3.05. The fraction of sp³-hybridized carbons (Fsp3) is 0.409. The minimum atomic E-state index is -3.33. The topological polar surface area (TPSA) is 84.9 Å². The Bertz CT molecular complexity index is 974. The molecule has 0 bridgehead atoms. The summed E-state index contributed by atoms with van der Waals surface area (Å²) in [5, 5.41) is 2.87. The van der Waals surface area contributed by atoms with E-state index in [1.165, 1.54) is 16.9 Å². The molecule has 0 saturated carbocycles. The van der Waals surface area contributed by atoms with Gasteiger partial charge in [-0.1, -0.05) is 6.07 Å². The Kier molecular flexibility index (Phi) is 7.72. The number of aryl methyl sites for hydroxylation is 2. The van der Waals surface area contributed by atoms with E-state index in [-0.39, 0.29) is 11.9 Å². The van der Waals surface area contributed by atoms with Gasteiger partial charge in [-0.25, -0.2) is 8.42 Å². The number of amides is 1. The standard InChI is InChI=1S/C22H30N2O5S/c1-15-7-10-21(13-16(15)2)28-14-17(3)23-22(25)18(4)29-20-11-8-19(9-12-20)24(5)30(6,26)27/h7-13,17-18H,14H2,1-6H3,(H,23,25). The van der Waals surface area contributed by atoms with Crippen molar-refractivity contribution in [1.29, 1.82) is 0 Å². The molecule has 0 aliphatic heterocycles. The molecule has 7 nitrogen and oxygen atoms in total. The summed E-state index contributed by atoms with van der Waals surface area (Å²) >= 11 is 0. The molecule has 8 heteroatoms. The molecule has 1 N–H and O–H groups in total. The second-order valence-corrected chi connectivity index (χ2v) is 9.46. The van der Waals surface area contributed by atoms with Crippen LogP contribution in [0, 0.1) is 13.8 Å². The highest BCUT2D eigenvalue weighted by Crippen LogP contribution is 2.21. The third-order valence-electron chi connectivity index (χ3n) is 4.75. The van der Waals surface area contributed by atoms with E-state index in [0.717, 1.165) is 17.6 Å². The maximum absolute atomic E-state index is 12.4. The average molecular weight is 435 g/mol. The average Bonchev–Trinajstić information content (AvgIpc) is 2.68. The van der Waals surface area contributed by atoms with Gasteiger partial charge in [0, 0.05) is 7.05 Å². The van der Waals surface area contributed by atoms with Crippen molar-refractivity contribution < 1.29 is 22.7 Å². The molecule has 0 aliphatic rings. The van der Waals surface area contributed by atoms with Crippen LogP contribution >= 0.6 is 0 Å². The highest BCUT2D eigenvalue weighted by Gasteiger charge is 2.18. The second kappa shape index (κ2) is 9.84. The van der Waals surface area contributed by atoms with Gasteiger partial charge in [0.25, 0.3) is 5.91 Å². The van der Waals surface area contributed by atoms with Crippen LogP contribution in [0.4, 0.5) is 5.69 Å². The van der Waals surface area contributed by atoms with Gasteiger partial charge >= 0.3 is 0 Å². The van der Waals surface area contributed by atoms with Crippen molar-refractivity contribution in [2.45, 2.75) is 39.8 Å². The molecule has 2 atom stereocenters. The fourth-order valence-corrected chi connectivity index (χ4v) is 3.12. The molecule has 2 unspecified atom stereocenters.